The highest BCUT2D eigenvalue weighted by Gasteiger charge is 2.06. The van der Waals surface area contributed by atoms with E-state index in [0.717, 1.165) is 21.5 Å². The Morgan fingerprint density at radius 3 is 3.08 bits per heavy atom. The van der Waals surface area contributed by atoms with Crippen LogP contribution in [0.4, 0.5) is 0 Å². The molecule has 1 aliphatic rings. The quantitative estimate of drug-likeness (QED) is 0.582. The van der Waals surface area contributed by atoms with E-state index in [-0.39, 0.29) is 5.88 Å². The van der Waals surface area contributed by atoms with Crippen LogP contribution in [0.25, 0.3) is 10.8 Å². The molecule has 0 saturated carbocycles. The first-order valence-corrected chi connectivity index (χ1v) is 4.04. The third kappa shape index (κ3) is 0.744. The smallest absolute Gasteiger partial charge is 0.196 e. The summed E-state index contributed by atoms with van der Waals surface area (Å²) in [6.45, 7) is 0.500. The van der Waals surface area contributed by atoms with Crippen molar-refractivity contribution in [3.63, 3.8) is 0 Å². The van der Waals surface area contributed by atoms with Gasteiger partial charge in [-0.2, -0.15) is 0 Å². The number of aromatic hydroxyl groups is 1. The molecule has 64 valence electrons. The molecule has 2 aromatic rings. The SMILES string of the molecule is Oc1[nH]cc2c3c(ccc12)=NCN=3. The van der Waals surface area contributed by atoms with Crippen LogP contribution in [0.2, 0.25) is 0 Å². The second-order valence-electron chi connectivity index (χ2n) is 2.99. The summed E-state index contributed by atoms with van der Waals surface area (Å²) in [4.78, 5) is 11.2. The van der Waals surface area contributed by atoms with Gasteiger partial charge >= 0.3 is 0 Å². The molecule has 2 N–H and O–H groups in total. The van der Waals surface area contributed by atoms with Crippen molar-refractivity contribution >= 4 is 10.8 Å². The third-order valence-electron chi connectivity index (χ3n) is 2.27. The van der Waals surface area contributed by atoms with E-state index in [1.54, 1.807) is 6.20 Å². The molecule has 0 saturated heterocycles. The van der Waals surface area contributed by atoms with Gasteiger partial charge in [0.15, 0.2) is 5.88 Å². The molecule has 0 spiro atoms. The summed E-state index contributed by atoms with van der Waals surface area (Å²) >= 11 is 0. The summed E-state index contributed by atoms with van der Waals surface area (Å²) in [6.07, 6.45) is 1.76. The molecule has 0 radical (unpaired) electrons. The maximum atomic E-state index is 9.41. The largest absolute Gasteiger partial charge is 0.494 e. The number of aromatic nitrogens is 1. The zero-order valence-electron chi connectivity index (χ0n) is 6.78. The molecule has 0 bridgehead atoms. The predicted octanol–water partition coefficient (Wildman–Crippen LogP) is 0.0838. The van der Waals surface area contributed by atoms with Crippen LogP contribution in [0.3, 0.4) is 0 Å². The lowest BCUT2D eigenvalue weighted by molar-refractivity contribution is 0.462. The highest BCUT2D eigenvalue weighted by atomic mass is 16.3. The standard InChI is InChI=1S/C9H7N3O/c13-9-5-1-2-7-8(12-4-11-7)6(5)3-10-9/h1-3,10,13H,4H2. The molecule has 1 aliphatic heterocycles. The van der Waals surface area contributed by atoms with Crippen LogP contribution >= 0.6 is 0 Å². The van der Waals surface area contributed by atoms with E-state index in [1.807, 2.05) is 12.1 Å². The predicted molar refractivity (Wildman–Crippen MR) is 47.1 cm³/mol. The Labute approximate surface area is 73.3 Å². The Balaban J connectivity index is 2.68. The monoisotopic (exact) mass is 173 g/mol. The van der Waals surface area contributed by atoms with E-state index in [1.165, 1.54) is 0 Å². The van der Waals surface area contributed by atoms with Gasteiger partial charge in [-0.25, -0.2) is 0 Å². The number of nitrogens with zero attached hydrogens (tertiary/aromatic N) is 2. The maximum absolute atomic E-state index is 9.41. The van der Waals surface area contributed by atoms with E-state index in [2.05, 4.69) is 15.0 Å². The number of fused-ring (bicyclic) bond motifs is 3. The molecule has 0 fully saturated rings. The lowest BCUT2D eigenvalue weighted by Crippen LogP contribution is -2.21. The Hall–Kier alpha value is -1.84. The van der Waals surface area contributed by atoms with Gasteiger partial charge in [0.25, 0.3) is 0 Å². The zero-order chi connectivity index (χ0) is 8.84. The number of benzene rings is 1. The number of hydrogen-bond donors (Lipinski definition) is 2. The molecule has 13 heavy (non-hydrogen) atoms. The number of aromatic amines is 1. The molecule has 3 rings (SSSR count). The lowest BCUT2D eigenvalue weighted by atomic mass is 10.2. The van der Waals surface area contributed by atoms with Gasteiger partial charge in [-0.1, -0.05) is 0 Å². The molecule has 1 aromatic heterocycles. The van der Waals surface area contributed by atoms with Crippen molar-refractivity contribution in [3.05, 3.63) is 29.0 Å². The van der Waals surface area contributed by atoms with Crippen molar-refractivity contribution in [1.82, 2.24) is 4.98 Å². The first-order valence-electron chi connectivity index (χ1n) is 4.04. The summed E-state index contributed by atoms with van der Waals surface area (Å²) in [7, 11) is 0. The second kappa shape index (κ2) is 2.10. The average Bonchev–Trinajstić information content (AvgIpc) is 2.70. The first-order chi connectivity index (χ1) is 6.36. The maximum Gasteiger partial charge on any atom is 0.196 e. The Bertz CT molecular complexity index is 597. The van der Waals surface area contributed by atoms with E-state index < -0.39 is 0 Å². The van der Waals surface area contributed by atoms with Crippen LogP contribution in [-0.4, -0.2) is 16.8 Å². The van der Waals surface area contributed by atoms with Crippen molar-refractivity contribution in [2.24, 2.45) is 9.98 Å². The molecular formula is C9H7N3O. The van der Waals surface area contributed by atoms with Gasteiger partial charge in [-0.05, 0) is 12.1 Å². The normalized spacial score (nSPS) is 13.8. The Kier molecular flexibility index (Phi) is 1.07. The molecule has 0 amide bonds. The second-order valence-corrected chi connectivity index (χ2v) is 2.99. The minimum Gasteiger partial charge on any atom is -0.494 e. The van der Waals surface area contributed by atoms with Crippen molar-refractivity contribution in [2.75, 3.05) is 6.67 Å². The lowest BCUT2D eigenvalue weighted by Gasteiger charge is -1.88. The van der Waals surface area contributed by atoms with Crippen LogP contribution < -0.4 is 10.7 Å². The topological polar surface area (TPSA) is 60.7 Å². The van der Waals surface area contributed by atoms with Gasteiger partial charge in [-0.3, -0.25) is 9.98 Å². The molecular weight excluding hydrogens is 166 g/mol. The van der Waals surface area contributed by atoms with Crippen LogP contribution in [0.1, 0.15) is 0 Å². The number of H-pyrrole nitrogens is 1. The third-order valence-corrected chi connectivity index (χ3v) is 2.27. The Morgan fingerprint density at radius 2 is 2.15 bits per heavy atom. The van der Waals surface area contributed by atoms with E-state index in [9.17, 15) is 5.11 Å². The molecule has 0 aliphatic carbocycles. The van der Waals surface area contributed by atoms with E-state index in [4.69, 9.17) is 0 Å². The summed E-state index contributed by atoms with van der Waals surface area (Å²) in [6, 6.07) is 3.73. The summed E-state index contributed by atoms with van der Waals surface area (Å²) in [5.74, 6) is 0.194. The van der Waals surface area contributed by atoms with E-state index in [0.29, 0.717) is 6.67 Å². The fourth-order valence-corrected chi connectivity index (χ4v) is 1.64. The van der Waals surface area contributed by atoms with Gasteiger partial charge in [0.05, 0.1) is 10.7 Å². The first kappa shape index (κ1) is 6.65. The number of hydrogen-bond acceptors (Lipinski definition) is 3. The van der Waals surface area contributed by atoms with Crippen LogP contribution in [0, 0.1) is 0 Å². The minimum atomic E-state index is 0.194. The molecule has 2 heterocycles. The van der Waals surface area contributed by atoms with Gasteiger partial charge < -0.3 is 10.1 Å². The van der Waals surface area contributed by atoms with Crippen molar-refractivity contribution in [1.29, 1.82) is 0 Å². The van der Waals surface area contributed by atoms with Gasteiger partial charge in [0, 0.05) is 17.0 Å². The van der Waals surface area contributed by atoms with Gasteiger partial charge in [0.1, 0.15) is 6.67 Å². The molecule has 1 aromatic carbocycles. The number of nitrogens with one attached hydrogen (secondary N) is 1. The fourth-order valence-electron chi connectivity index (χ4n) is 1.64. The molecule has 4 nitrogen and oxygen atoms in total. The van der Waals surface area contributed by atoms with Crippen LogP contribution in [0.15, 0.2) is 28.3 Å². The Morgan fingerprint density at radius 1 is 1.23 bits per heavy atom. The molecule has 0 atom stereocenters. The highest BCUT2D eigenvalue weighted by Crippen LogP contribution is 2.18. The zero-order valence-corrected chi connectivity index (χ0v) is 6.78. The highest BCUT2D eigenvalue weighted by molar-refractivity contribution is 5.86. The summed E-state index contributed by atoms with van der Waals surface area (Å²) < 4.78 is 0. The van der Waals surface area contributed by atoms with Crippen molar-refractivity contribution in [3.8, 4) is 5.88 Å². The van der Waals surface area contributed by atoms with Crippen LogP contribution in [0.5, 0.6) is 5.88 Å². The van der Waals surface area contributed by atoms with Gasteiger partial charge in [-0.15, -0.1) is 0 Å². The number of rotatable bonds is 0. The van der Waals surface area contributed by atoms with Gasteiger partial charge in [0.2, 0.25) is 0 Å². The van der Waals surface area contributed by atoms with Crippen molar-refractivity contribution < 1.29 is 5.11 Å². The summed E-state index contributed by atoms with van der Waals surface area (Å²) in [5.41, 5.74) is 0. The van der Waals surface area contributed by atoms with E-state index >= 15 is 0 Å². The van der Waals surface area contributed by atoms with Crippen LogP contribution in [-0.2, 0) is 0 Å². The summed E-state index contributed by atoms with van der Waals surface area (Å²) in [5, 5.41) is 13.0. The molecule has 0 unspecified atom stereocenters. The average molecular weight is 173 g/mol. The fraction of sp³-hybridized carbons (Fsp3) is 0.111. The molecule has 4 heteroatoms. The van der Waals surface area contributed by atoms with Crippen molar-refractivity contribution in [2.45, 2.75) is 0 Å². The minimum absolute atomic E-state index is 0.194.